The molecule has 0 bridgehead atoms. The molecule has 0 radical (unpaired) electrons. The number of carbonyl (C=O) groups excluding carboxylic acids is 3. The Morgan fingerprint density at radius 3 is 2.31 bits per heavy atom. The van der Waals surface area contributed by atoms with Crippen molar-refractivity contribution in [2.45, 2.75) is 39.0 Å². The van der Waals surface area contributed by atoms with E-state index >= 15 is 0 Å². The van der Waals surface area contributed by atoms with Gasteiger partial charge in [-0.15, -0.1) is 0 Å². The zero-order valence-corrected chi connectivity index (χ0v) is 26.3. The minimum atomic E-state index is -0.648. The molecule has 1 heterocycles. The molecule has 1 atom stereocenters. The number of esters is 1. The number of hydrogen-bond acceptors (Lipinski definition) is 6. The van der Waals surface area contributed by atoms with Crippen molar-refractivity contribution in [3.8, 4) is 11.1 Å². The normalized spacial score (nSPS) is 15.1. The van der Waals surface area contributed by atoms with Crippen molar-refractivity contribution < 1.29 is 24.2 Å². The summed E-state index contributed by atoms with van der Waals surface area (Å²) in [6.07, 6.45) is 0. The molecule has 0 saturated heterocycles. The van der Waals surface area contributed by atoms with Gasteiger partial charge < -0.3 is 20.1 Å². The van der Waals surface area contributed by atoms with Crippen molar-refractivity contribution in [2.24, 2.45) is 0 Å². The van der Waals surface area contributed by atoms with Crippen LogP contribution in [0.15, 0.2) is 97.1 Å². The van der Waals surface area contributed by atoms with E-state index in [0.717, 1.165) is 16.7 Å². The number of hydrogen-bond donors (Lipinski definition) is 2. The third kappa shape index (κ3) is 7.60. The number of nitrogens with one attached hydrogen (secondary N) is 1. The van der Waals surface area contributed by atoms with Gasteiger partial charge in [0.15, 0.2) is 0 Å². The smallest absolute Gasteiger partial charge is 0.320 e. The molecule has 9 heteroatoms. The highest BCUT2D eigenvalue weighted by molar-refractivity contribution is 6.35. The summed E-state index contributed by atoms with van der Waals surface area (Å²) >= 11 is 6.68. The summed E-state index contributed by atoms with van der Waals surface area (Å²) < 4.78 is 5.53. The largest absolute Gasteiger partial charge is 0.459 e. The fourth-order valence-electron chi connectivity index (χ4n) is 5.43. The van der Waals surface area contributed by atoms with Crippen LogP contribution in [0.2, 0.25) is 5.02 Å². The van der Waals surface area contributed by atoms with Crippen molar-refractivity contribution in [1.82, 2.24) is 4.90 Å². The van der Waals surface area contributed by atoms with E-state index in [1.54, 1.807) is 49.9 Å². The standard InChI is InChI=1S/C36H36ClN3O5/c1-36(2,3)45-33(42)22-39-20-25-13-7-10-16-32(25)40(21-27(39)23-41)35(44)30-18-17-26(19-31(30)37)38-34(43)29-15-9-8-14-28(29)24-11-5-4-6-12-24/h4-19,27,41H,20-23H2,1-3H3,(H,38,43). The Morgan fingerprint density at radius 1 is 0.911 bits per heavy atom. The van der Waals surface area contributed by atoms with Gasteiger partial charge in [-0.2, -0.15) is 0 Å². The van der Waals surface area contributed by atoms with Crippen LogP contribution in [0.25, 0.3) is 11.1 Å². The lowest BCUT2D eigenvalue weighted by Crippen LogP contribution is -2.48. The topological polar surface area (TPSA) is 99.2 Å². The number of nitrogens with zero attached hydrogens (tertiary/aromatic N) is 2. The molecular formula is C36H36ClN3O5. The molecular weight excluding hydrogens is 590 g/mol. The summed E-state index contributed by atoms with van der Waals surface area (Å²) in [4.78, 5) is 43.5. The highest BCUT2D eigenvalue weighted by Crippen LogP contribution is 2.32. The molecule has 2 N–H and O–H groups in total. The van der Waals surface area contributed by atoms with E-state index in [0.29, 0.717) is 23.5 Å². The number of ether oxygens (including phenoxy) is 1. The molecule has 0 saturated carbocycles. The first-order chi connectivity index (χ1) is 21.5. The predicted molar refractivity (Wildman–Crippen MR) is 177 cm³/mol. The van der Waals surface area contributed by atoms with Gasteiger partial charge in [0.1, 0.15) is 5.60 Å². The number of carbonyl (C=O) groups is 3. The quantitative estimate of drug-likeness (QED) is 0.230. The summed E-state index contributed by atoms with van der Waals surface area (Å²) in [5.41, 5.74) is 3.75. The minimum Gasteiger partial charge on any atom is -0.459 e. The zero-order valence-electron chi connectivity index (χ0n) is 25.5. The van der Waals surface area contributed by atoms with Gasteiger partial charge in [0.05, 0.1) is 29.8 Å². The van der Waals surface area contributed by atoms with Crippen molar-refractivity contribution in [3.05, 3.63) is 119 Å². The number of anilines is 2. The first-order valence-electron chi connectivity index (χ1n) is 14.8. The molecule has 1 aliphatic rings. The lowest BCUT2D eigenvalue weighted by Gasteiger charge is -2.31. The van der Waals surface area contributed by atoms with Crippen molar-refractivity contribution in [3.63, 3.8) is 0 Å². The maximum absolute atomic E-state index is 14.0. The van der Waals surface area contributed by atoms with Gasteiger partial charge in [-0.05, 0) is 67.8 Å². The Hall–Kier alpha value is -4.50. The van der Waals surface area contributed by atoms with Crippen LogP contribution in [0.4, 0.5) is 11.4 Å². The molecule has 0 aliphatic carbocycles. The second kappa shape index (κ2) is 13.6. The number of aliphatic hydroxyl groups excluding tert-OH is 1. The zero-order chi connectivity index (χ0) is 32.1. The minimum absolute atomic E-state index is 0.0403. The number of amides is 2. The molecule has 0 aromatic heterocycles. The summed E-state index contributed by atoms with van der Waals surface area (Å²) in [5.74, 6) is -1.08. The summed E-state index contributed by atoms with van der Waals surface area (Å²) in [5, 5.41) is 13.4. The van der Waals surface area contributed by atoms with E-state index in [-0.39, 0.29) is 42.1 Å². The second-order valence-corrected chi connectivity index (χ2v) is 12.3. The van der Waals surface area contributed by atoms with Gasteiger partial charge in [-0.3, -0.25) is 19.3 Å². The Balaban J connectivity index is 1.38. The monoisotopic (exact) mass is 625 g/mol. The molecule has 0 spiro atoms. The Kier molecular flexibility index (Phi) is 9.68. The van der Waals surface area contributed by atoms with Crippen LogP contribution >= 0.6 is 11.6 Å². The summed E-state index contributed by atoms with van der Waals surface area (Å²) in [7, 11) is 0. The Bertz CT molecular complexity index is 1700. The molecule has 0 fully saturated rings. The van der Waals surface area contributed by atoms with Gasteiger partial charge in [-0.1, -0.05) is 78.3 Å². The summed E-state index contributed by atoms with van der Waals surface area (Å²) in [6, 6.07) is 28.7. The van der Waals surface area contributed by atoms with Gasteiger partial charge >= 0.3 is 5.97 Å². The third-order valence-corrected chi connectivity index (χ3v) is 7.80. The van der Waals surface area contributed by atoms with Crippen LogP contribution in [0.3, 0.4) is 0 Å². The van der Waals surface area contributed by atoms with Crippen molar-refractivity contribution in [2.75, 3.05) is 29.9 Å². The maximum atomic E-state index is 14.0. The van der Waals surface area contributed by atoms with Crippen molar-refractivity contribution >= 4 is 40.8 Å². The molecule has 2 amide bonds. The maximum Gasteiger partial charge on any atom is 0.320 e. The lowest BCUT2D eigenvalue weighted by molar-refractivity contribution is -0.157. The average Bonchev–Trinajstić information content (AvgIpc) is 3.16. The Morgan fingerprint density at radius 2 is 1.60 bits per heavy atom. The fourth-order valence-corrected chi connectivity index (χ4v) is 5.69. The molecule has 1 aliphatic heterocycles. The van der Waals surface area contributed by atoms with Gasteiger partial charge in [0.2, 0.25) is 0 Å². The fraction of sp³-hybridized carbons (Fsp3) is 0.250. The Labute approximate surface area is 268 Å². The van der Waals surface area contributed by atoms with Crippen LogP contribution in [-0.4, -0.2) is 59.1 Å². The number of halogens is 1. The van der Waals surface area contributed by atoms with Crippen LogP contribution in [0.1, 0.15) is 47.1 Å². The predicted octanol–water partition coefficient (Wildman–Crippen LogP) is 6.42. The highest BCUT2D eigenvalue weighted by Gasteiger charge is 2.33. The molecule has 8 nitrogen and oxygen atoms in total. The van der Waals surface area contributed by atoms with Gasteiger partial charge in [0.25, 0.3) is 11.8 Å². The average molecular weight is 626 g/mol. The van der Waals surface area contributed by atoms with E-state index in [2.05, 4.69) is 5.32 Å². The van der Waals surface area contributed by atoms with Gasteiger partial charge in [0, 0.05) is 30.0 Å². The number of rotatable bonds is 7. The molecule has 232 valence electrons. The van der Waals surface area contributed by atoms with Crippen LogP contribution < -0.4 is 10.2 Å². The summed E-state index contributed by atoms with van der Waals surface area (Å²) in [6.45, 7) is 5.56. The number of para-hydroxylation sites is 1. The highest BCUT2D eigenvalue weighted by atomic mass is 35.5. The number of aliphatic hydroxyl groups is 1. The first-order valence-corrected chi connectivity index (χ1v) is 15.1. The number of benzene rings is 4. The molecule has 4 aromatic rings. The number of fused-ring (bicyclic) bond motifs is 1. The lowest BCUT2D eigenvalue weighted by atomic mass is 9.99. The van der Waals surface area contributed by atoms with Gasteiger partial charge in [-0.25, -0.2) is 0 Å². The van der Waals surface area contributed by atoms with Crippen molar-refractivity contribution in [1.29, 1.82) is 0 Å². The molecule has 45 heavy (non-hydrogen) atoms. The van der Waals surface area contributed by atoms with E-state index in [1.165, 1.54) is 0 Å². The first kappa shape index (κ1) is 31.9. The van der Waals surface area contributed by atoms with E-state index in [4.69, 9.17) is 16.3 Å². The third-order valence-electron chi connectivity index (χ3n) is 7.49. The van der Waals surface area contributed by atoms with Crippen LogP contribution in [0.5, 0.6) is 0 Å². The van der Waals surface area contributed by atoms with E-state index < -0.39 is 17.6 Å². The molecule has 4 aromatic carbocycles. The second-order valence-electron chi connectivity index (χ2n) is 11.9. The SMILES string of the molecule is CC(C)(C)OC(=O)CN1Cc2ccccc2N(C(=O)c2ccc(NC(=O)c3ccccc3-c3ccccc3)cc2Cl)CC1CO. The van der Waals surface area contributed by atoms with E-state index in [1.807, 2.05) is 77.7 Å². The van der Waals surface area contributed by atoms with Crippen LogP contribution in [-0.2, 0) is 16.1 Å². The molecule has 1 unspecified atom stereocenters. The molecule has 5 rings (SSSR count). The van der Waals surface area contributed by atoms with Crippen LogP contribution in [0, 0.1) is 0 Å². The van der Waals surface area contributed by atoms with E-state index in [9.17, 15) is 19.5 Å².